The van der Waals surface area contributed by atoms with E-state index >= 15 is 0 Å². The summed E-state index contributed by atoms with van der Waals surface area (Å²) in [6.45, 7) is 4.80. The van der Waals surface area contributed by atoms with Crippen LogP contribution in [0.2, 0.25) is 5.02 Å². The molecular formula is C12H15ClN4. The highest BCUT2D eigenvalue weighted by Gasteiger charge is 2.10. The third-order valence-corrected chi connectivity index (χ3v) is 2.87. The zero-order valence-electron chi connectivity index (χ0n) is 9.89. The standard InChI is InChI=1S/C12H15ClN4/c1-8(2)12-15-5-6-17(12)7-10-9(13)3-4-11(14)16-10/h3-6,8H,7H2,1-2H3,(H2,14,16). The minimum absolute atomic E-state index is 0.366. The van der Waals surface area contributed by atoms with Crippen molar-refractivity contribution in [2.24, 2.45) is 0 Å². The summed E-state index contributed by atoms with van der Waals surface area (Å²) in [5.41, 5.74) is 6.43. The number of pyridine rings is 1. The smallest absolute Gasteiger partial charge is 0.123 e. The molecule has 0 saturated heterocycles. The summed E-state index contributed by atoms with van der Waals surface area (Å²) in [6.07, 6.45) is 3.71. The van der Waals surface area contributed by atoms with Crippen molar-refractivity contribution in [2.45, 2.75) is 26.3 Å². The molecule has 0 saturated carbocycles. The number of imidazole rings is 1. The van der Waals surface area contributed by atoms with Gasteiger partial charge in [0.1, 0.15) is 11.6 Å². The molecule has 2 rings (SSSR count). The summed E-state index contributed by atoms with van der Waals surface area (Å²) in [7, 11) is 0. The number of anilines is 1. The lowest BCUT2D eigenvalue weighted by atomic mass is 10.2. The first kappa shape index (κ1) is 11.9. The molecule has 0 amide bonds. The van der Waals surface area contributed by atoms with E-state index in [1.54, 1.807) is 18.3 Å². The second-order valence-electron chi connectivity index (χ2n) is 4.23. The first-order valence-electron chi connectivity index (χ1n) is 5.50. The van der Waals surface area contributed by atoms with E-state index in [-0.39, 0.29) is 0 Å². The van der Waals surface area contributed by atoms with E-state index in [9.17, 15) is 0 Å². The van der Waals surface area contributed by atoms with Gasteiger partial charge < -0.3 is 10.3 Å². The van der Waals surface area contributed by atoms with Crippen LogP contribution >= 0.6 is 11.6 Å². The van der Waals surface area contributed by atoms with E-state index in [1.165, 1.54) is 0 Å². The zero-order valence-corrected chi connectivity index (χ0v) is 10.6. The summed E-state index contributed by atoms with van der Waals surface area (Å²) < 4.78 is 2.04. The van der Waals surface area contributed by atoms with Crippen LogP contribution in [-0.2, 0) is 6.54 Å². The number of rotatable bonds is 3. The van der Waals surface area contributed by atoms with Crippen LogP contribution in [0.5, 0.6) is 0 Å². The molecular weight excluding hydrogens is 236 g/mol. The average molecular weight is 251 g/mol. The number of hydrogen-bond donors (Lipinski definition) is 1. The minimum atomic E-state index is 0.366. The average Bonchev–Trinajstić information content (AvgIpc) is 2.71. The first-order chi connectivity index (χ1) is 8.08. The minimum Gasteiger partial charge on any atom is -0.384 e. The number of hydrogen-bond acceptors (Lipinski definition) is 3. The Bertz CT molecular complexity index is 519. The van der Waals surface area contributed by atoms with Crippen molar-refractivity contribution >= 4 is 17.4 Å². The van der Waals surface area contributed by atoms with Crippen molar-refractivity contribution < 1.29 is 0 Å². The van der Waals surface area contributed by atoms with Gasteiger partial charge in [-0.05, 0) is 12.1 Å². The molecule has 17 heavy (non-hydrogen) atoms. The van der Waals surface area contributed by atoms with Crippen LogP contribution in [0, 0.1) is 0 Å². The molecule has 4 nitrogen and oxygen atoms in total. The van der Waals surface area contributed by atoms with Crippen LogP contribution in [0.1, 0.15) is 31.3 Å². The molecule has 0 aliphatic rings. The highest BCUT2D eigenvalue weighted by atomic mass is 35.5. The third kappa shape index (κ3) is 2.58. The van der Waals surface area contributed by atoms with E-state index < -0.39 is 0 Å². The van der Waals surface area contributed by atoms with E-state index in [0.29, 0.717) is 23.3 Å². The molecule has 2 heterocycles. The summed E-state index contributed by atoms with van der Waals surface area (Å²) >= 11 is 6.09. The predicted octanol–water partition coefficient (Wildman–Crippen LogP) is 2.69. The number of aromatic nitrogens is 3. The molecule has 0 spiro atoms. The Kier molecular flexibility index (Phi) is 3.33. The maximum atomic E-state index is 6.09. The number of nitrogens with zero attached hydrogens (tertiary/aromatic N) is 3. The second-order valence-corrected chi connectivity index (χ2v) is 4.64. The molecule has 2 aromatic rings. The summed E-state index contributed by atoms with van der Waals surface area (Å²) in [4.78, 5) is 8.57. The van der Waals surface area contributed by atoms with Gasteiger partial charge in [0, 0.05) is 18.3 Å². The SMILES string of the molecule is CC(C)c1nccn1Cc1nc(N)ccc1Cl. The molecule has 0 fully saturated rings. The zero-order chi connectivity index (χ0) is 12.4. The van der Waals surface area contributed by atoms with Crippen LogP contribution in [0.3, 0.4) is 0 Å². The second kappa shape index (κ2) is 4.75. The molecule has 0 aliphatic carbocycles. The van der Waals surface area contributed by atoms with Crippen molar-refractivity contribution in [3.8, 4) is 0 Å². The Hall–Kier alpha value is -1.55. The molecule has 0 unspecified atom stereocenters. The fourth-order valence-electron chi connectivity index (χ4n) is 1.73. The van der Waals surface area contributed by atoms with Crippen molar-refractivity contribution in [3.05, 3.63) is 41.1 Å². The number of nitrogen functional groups attached to an aromatic ring is 1. The largest absolute Gasteiger partial charge is 0.384 e. The topological polar surface area (TPSA) is 56.7 Å². The maximum Gasteiger partial charge on any atom is 0.123 e. The van der Waals surface area contributed by atoms with Gasteiger partial charge in [-0.2, -0.15) is 0 Å². The van der Waals surface area contributed by atoms with E-state index in [0.717, 1.165) is 11.5 Å². The Morgan fingerprint density at radius 3 is 2.88 bits per heavy atom. The van der Waals surface area contributed by atoms with E-state index in [4.69, 9.17) is 17.3 Å². The van der Waals surface area contributed by atoms with Gasteiger partial charge >= 0.3 is 0 Å². The van der Waals surface area contributed by atoms with Gasteiger partial charge in [0.05, 0.1) is 17.3 Å². The fourth-order valence-corrected chi connectivity index (χ4v) is 1.89. The summed E-state index contributed by atoms with van der Waals surface area (Å²) in [5.74, 6) is 1.87. The Morgan fingerprint density at radius 1 is 1.41 bits per heavy atom. The van der Waals surface area contributed by atoms with Crippen LogP contribution in [0.15, 0.2) is 24.5 Å². The van der Waals surface area contributed by atoms with Crippen molar-refractivity contribution in [1.82, 2.24) is 14.5 Å². The molecule has 90 valence electrons. The molecule has 0 atom stereocenters. The van der Waals surface area contributed by atoms with Crippen LogP contribution in [0.25, 0.3) is 0 Å². The fraction of sp³-hybridized carbons (Fsp3) is 0.333. The number of halogens is 1. The van der Waals surface area contributed by atoms with Crippen LogP contribution in [-0.4, -0.2) is 14.5 Å². The van der Waals surface area contributed by atoms with Gasteiger partial charge in [0.15, 0.2) is 0 Å². The summed E-state index contributed by atoms with van der Waals surface area (Å²) in [6, 6.07) is 3.47. The molecule has 2 aromatic heterocycles. The summed E-state index contributed by atoms with van der Waals surface area (Å²) in [5, 5.41) is 0.627. The van der Waals surface area contributed by atoms with Gasteiger partial charge in [-0.3, -0.25) is 0 Å². The lowest BCUT2D eigenvalue weighted by molar-refractivity contribution is 0.661. The molecule has 0 radical (unpaired) electrons. The Balaban J connectivity index is 2.31. The van der Waals surface area contributed by atoms with Crippen LogP contribution in [0.4, 0.5) is 5.82 Å². The lowest BCUT2D eigenvalue weighted by Crippen LogP contribution is -2.08. The highest BCUT2D eigenvalue weighted by Crippen LogP contribution is 2.19. The Labute approximate surface area is 105 Å². The monoisotopic (exact) mass is 250 g/mol. The lowest BCUT2D eigenvalue weighted by Gasteiger charge is -2.11. The van der Waals surface area contributed by atoms with Gasteiger partial charge in [-0.1, -0.05) is 25.4 Å². The van der Waals surface area contributed by atoms with Crippen molar-refractivity contribution in [3.63, 3.8) is 0 Å². The molecule has 0 bridgehead atoms. The Morgan fingerprint density at radius 2 is 2.18 bits per heavy atom. The molecule has 0 aromatic carbocycles. The quantitative estimate of drug-likeness (QED) is 0.911. The molecule has 5 heteroatoms. The molecule has 0 aliphatic heterocycles. The normalized spacial score (nSPS) is 11.1. The van der Waals surface area contributed by atoms with Gasteiger partial charge in [0.2, 0.25) is 0 Å². The predicted molar refractivity (Wildman–Crippen MR) is 69.1 cm³/mol. The molecule has 2 N–H and O–H groups in total. The van der Waals surface area contributed by atoms with E-state index in [2.05, 4.69) is 23.8 Å². The van der Waals surface area contributed by atoms with E-state index in [1.807, 2.05) is 10.8 Å². The number of nitrogens with two attached hydrogens (primary N) is 1. The highest BCUT2D eigenvalue weighted by molar-refractivity contribution is 6.31. The van der Waals surface area contributed by atoms with Gasteiger partial charge in [-0.15, -0.1) is 0 Å². The van der Waals surface area contributed by atoms with Crippen molar-refractivity contribution in [2.75, 3.05) is 5.73 Å². The van der Waals surface area contributed by atoms with Crippen molar-refractivity contribution in [1.29, 1.82) is 0 Å². The first-order valence-corrected chi connectivity index (χ1v) is 5.87. The third-order valence-electron chi connectivity index (χ3n) is 2.52. The maximum absolute atomic E-state index is 6.09. The van der Waals surface area contributed by atoms with Gasteiger partial charge in [0.25, 0.3) is 0 Å². The van der Waals surface area contributed by atoms with Crippen LogP contribution < -0.4 is 5.73 Å². The van der Waals surface area contributed by atoms with Gasteiger partial charge in [-0.25, -0.2) is 9.97 Å².